The van der Waals surface area contributed by atoms with Crippen molar-refractivity contribution < 1.29 is 0 Å². The molecule has 0 amide bonds. The zero-order valence-electron chi connectivity index (χ0n) is 8.96. The smallest absolute Gasteiger partial charge is 0.128 e. The molecule has 1 unspecified atom stereocenters. The molecule has 1 atom stereocenters. The third-order valence-electron chi connectivity index (χ3n) is 2.32. The van der Waals surface area contributed by atoms with E-state index in [-0.39, 0.29) is 6.04 Å². The molecule has 0 aliphatic heterocycles. The van der Waals surface area contributed by atoms with E-state index < -0.39 is 0 Å². The molecule has 0 saturated carbocycles. The van der Waals surface area contributed by atoms with Gasteiger partial charge in [-0.15, -0.1) is 0 Å². The van der Waals surface area contributed by atoms with Gasteiger partial charge in [0.25, 0.3) is 0 Å². The summed E-state index contributed by atoms with van der Waals surface area (Å²) in [6.07, 6.45) is 3.32. The third-order valence-corrected chi connectivity index (χ3v) is 2.32. The van der Waals surface area contributed by atoms with Crippen LogP contribution in [-0.4, -0.2) is 15.0 Å². The third kappa shape index (κ3) is 1.99. The summed E-state index contributed by atoms with van der Waals surface area (Å²) in [6, 6.07) is 5.07. The van der Waals surface area contributed by atoms with Gasteiger partial charge in [-0.25, -0.2) is 15.0 Å². The normalized spacial score (nSPS) is 12.4. The number of anilines is 1. The number of aromatic nitrogens is 3. The Kier molecular flexibility index (Phi) is 2.78. The van der Waals surface area contributed by atoms with Gasteiger partial charge in [0, 0.05) is 18.0 Å². The number of pyridine rings is 1. The maximum absolute atomic E-state index is 6.08. The second-order valence-corrected chi connectivity index (χ2v) is 3.48. The summed E-state index contributed by atoms with van der Waals surface area (Å²) >= 11 is 0. The fraction of sp³-hybridized carbons (Fsp3) is 0.182. The topological polar surface area (TPSA) is 90.7 Å². The van der Waals surface area contributed by atoms with Gasteiger partial charge in [-0.05, 0) is 19.1 Å². The Balaban J connectivity index is 2.39. The van der Waals surface area contributed by atoms with Crippen LogP contribution in [0.4, 0.5) is 5.82 Å². The van der Waals surface area contributed by atoms with Crippen molar-refractivity contribution in [1.29, 1.82) is 0 Å². The Bertz CT molecular complexity index is 497. The van der Waals surface area contributed by atoms with Gasteiger partial charge in [-0.2, -0.15) is 0 Å². The van der Waals surface area contributed by atoms with Crippen LogP contribution in [0.2, 0.25) is 0 Å². The Morgan fingerprint density at radius 2 is 2.00 bits per heavy atom. The predicted molar refractivity (Wildman–Crippen MR) is 61.4 cm³/mol. The monoisotopic (exact) mass is 215 g/mol. The van der Waals surface area contributed by atoms with E-state index >= 15 is 0 Å². The predicted octanol–water partition coefficient (Wildman–Crippen LogP) is 0.810. The molecule has 2 heterocycles. The average molecular weight is 215 g/mol. The van der Waals surface area contributed by atoms with E-state index in [0.717, 1.165) is 11.3 Å². The van der Waals surface area contributed by atoms with Gasteiger partial charge in [0.2, 0.25) is 0 Å². The van der Waals surface area contributed by atoms with Gasteiger partial charge < -0.3 is 11.5 Å². The van der Waals surface area contributed by atoms with Crippen LogP contribution in [0.1, 0.15) is 23.1 Å². The largest absolute Gasteiger partial charge is 0.383 e. The highest BCUT2D eigenvalue weighted by Crippen LogP contribution is 2.20. The van der Waals surface area contributed by atoms with Gasteiger partial charge >= 0.3 is 0 Å². The first-order chi connectivity index (χ1) is 7.68. The zero-order valence-corrected chi connectivity index (χ0v) is 8.96. The first kappa shape index (κ1) is 10.5. The number of nitrogen functional groups attached to an aromatic ring is 1. The highest BCUT2D eigenvalue weighted by Gasteiger charge is 2.13. The summed E-state index contributed by atoms with van der Waals surface area (Å²) in [5, 5.41) is 0. The summed E-state index contributed by atoms with van der Waals surface area (Å²) in [5.74, 6) is 1.13. The molecule has 2 aromatic rings. The Labute approximate surface area is 93.6 Å². The van der Waals surface area contributed by atoms with Crippen molar-refractivity contribution in [2.24, 2.45) is 5.73 Å². The van der Waals surface area contributed by atoms with E-state index in [1.54, 1.807) is 24.5 Å². The molecule has 5 nitrogen and oxygen atoms in total. The molecule has 0 aliphatic carbocycles. The van der Waals surface area contributed by atoms with E-state index in [1.807, 2.05) is 13.0 Å². The van der Waals surface area contributed by atoms with E-state index in [0.29, 0.717) is 11.6 Å². The van der Waals surface area contributed by atoms with Crippen molar-refractivity contribution in [3.63, 3.8) is 0 Å². The molecular weight excluding hydrogens is 202 g/mol. The fourth-order valence-corrected chi connectivity index (χ4v) is 1.50. The average Bonchev–Trinajstić information content (AvgIpc) is 2.29. The number of rotatable bonds is 2. The standard InChI is InChI=1S/C11H13N5/c1-7-14-6-4-9(16-7)10(12)8-3-2-5-15-11(8)13/h2-6,10H,12H2,1H3,(H2,13,15). The second-order valence-electron chi connectivity index (χ2n) is 3.48. The van der Waals surface area contributed by atoms with Crippen molar-refractivity contribution >= 4 is 5.82 Å². The summed E-state index contributed by atoms with van der Waals surface area (Å²) in [7, 11) is 0. The zero-order chi connectivity index (χ0) is 11.5. The molecule has 0 saturated heterocycles. The number of hydrogen-bond acceptors (Lipinski definition) is 5. The van der Waals surface area contributed by atoms with E-state index in [2.05, 4.69) is 15.0 Å². The SMILES string of the molecule is Cc1nccc(C(N)c2cccnc2N)n1. The molecule has 2 aromatic heterocycles. The quantitative estimate of drug-likeness (QED) is 0.773. The molecule has 0 bridgehead atoms. The lowest BCUT2D eigenvalue weighted by Crippen LogP contribution is -2.16. The minimum Gasteiger partial charge on any atom is -0.383 e. The van der Waals surface area contributed by atoms with Gasteiger partial charge in [0.1, 0.15) is 11.6 Å². The minimum atomic E-state index is -0.365. The molecule has 2 rings (SSSR count). The van der Waals surface area contributed by atoms with E-state index in [9.17, 15) is 0 Å². The summed E-state index contributed by atoms with van der Waals surface area (Å²) < 4.78 is 0. The van der Waals surface area contributed by atoms with E-state index in [4.69, 9.17) is 11.5 Å². The molecule has 0 fully saturated rings. The van der Waals surface area contributed by atoms with Crippen molar-refractivity contribution in [1.82, 2.24) is 15.0 Å². The maximum Gasteiger partial charge on any atom is 0.128 e. The van der Waals surface area contributed by atoms with Crippen LogP contribution < -0.4 is 11.5 Å². The number of nitrogens with zero attached hydrogens (tertiary/aromatic N) is 3. The van der Waals surface area contributed by atoms with Crippen molar-refractivity contribution in [2.45, 2.75) is 13.0 Å². The second kappa shape index (κ2) is 4.24. The van der Waals surface area contributed by atoms with Crippen LogP contribution in [0.3, 0.4) is 0 Å². The van der Waals surface area contributed by atoms with Crippen LogP contribution in [0.25, 0.3) is 0 Å². The highest BCUT2D eigenvalue weighted by atomic mass is 14.9. The lowest BCUT2D eigenvalue weighted by molar-refractivity contribution is 0.805. The molecule has 0 spiro atoms. The Hall–Kier alpha value is -2.01. The number of hydrogen-bond donors (Lipinski definition) is 2. The van der Waals surface area contributed by atoms with E-state index in [1.165, 1.54) is 0 Å². The Morgan fingerprint density at radius 1 is 1.19 bits per heavy atom. The Morgan fingerprint density at radius 3 is 2.69 bits per heavy atom. The van der Waals surface area contributed by atoms with Crippen LogP contribution in [-0.2, 0) is 0 Å². The van der Waals surface area contributed by atoms with Crippen molar-refractivity contribution in [3.8, 4) is 0 Å². The number of nitrogens with two attached hydrogens (primary N) is 2. The molecule has 16 heavy (non-hydrogen) atoms. The van der Waals surface area contributed by atoms with Crippen molar-refractivity contribution in [3.05, 3.63) is 47.7 Å². The molecule has 5 heteroatoms. The maximum atomic E-state index is 6.08. The molecular formula is C11H13N5. The van der Waals surface area contributed by atoms with Crippen LogP contribution in [0, 0.1) is 6.92 Å². The highest BCUT2D eigenvalue weighted by molar-refractivity contribution is 5.43. The lowest BCUT2D eigenvalue weighted by atomic mass is 10.1. The molecule has 82 valence electrons. The van der Waals surface area contributed by atoms with Gasteiger partial charge in [-0.3, -0.25) is 0 Å². The van der Waals surface area contributed by atoms with Crippen LogP contribution in [0.5, 0.6) is 0 Å². The molecule has 0 aromatic carbocycles. The lowest BCUT2D eigenvalue weighted by Gasteiger charge is -2.12. The minimum absolute atomic E-state index is 0.365. The first-order valence-corrected chi connectivity index (χ1v) is 4.94. The van der Waals surface area contributed by atoms with Gasteiger partial charge in [0.15, 0.2) is 0 Å². The fourth-order valence-electron chi connectivity index (χ4n) is 1.50. The summed E-state index contributed by atoms with van der Waals surface area (Å²) in [5.41, 5.74) is 13.4. The van der Waals surface area contributed by atoms with Crippen molar-refractivity contribution in [2.75, 3.05) is 5.73 Å². The molecule has 4 N–H and O–H groups in total. The van der Waals surface area contributed by atoms with Crippen LogP contribution >= 0.6 is 0 Å². The number of aryl methyl sites for hydroxylation is 1. The summed E-state index contributed by atoms with van der Waals surface area (Å²) in [4.78, 5) is 12.3. The van der Waals surface area contributed by atoms with Crippen LogP contribution in [0.15, 0.2) is 30.6 Å². The summed E-state index contributed by atoms with van der Waals surface area (Å²) in [6.45, 7) is 1.82. The van der Waals surface area contributed by atoms with Gasteiger partial charge in [-0.1, -0.05) is 6.07 Å². The first-order valence-electron chi connectivity index (χ1n) is 4.94. The van der Waals surface area contributed by atoms with Gasteiger partial charge in [0.05, 0.1) is 11.7 Å². The molecule has 0 aliphatic rings. The molecule has 0 radical (unpaired) electrons.